The molecule has 0 radical (unpaired) electrons. The van der Waals surface area contributed by atoms with Gasteiger partial charge in [0.2, 0.25) is 5.91 Å². The third kappa shape index (κ3) is 4.73. The molecule has 24 heavy (non-hydrogen) atoms. The minimum atomic E-state index is -0.121. The zero-order chi connectivity index (χ0) is 17.7. The zero-order valence-corrected chi connectivity index (χ0v) is 15.7. The van der Waals surface area contributed by atoms with Gasteiger partial charge in [0.15, 0.2) is 0 Å². The van der Waals surface area contributed by atoms with E-state index >= 15 is 0 Å². The number of anilines is 1. The monoisotopic (exact) mass is 364 g/mol. The first-order valence-electron chi connectivity index (χ1n) is 7.95. The van der Waals surface area contributed by atoms with Crippen LogP contribution in [0.1, 0.15) is 19.8 Å². The van der Waals surface area contributed by atoms with Crippen molar-refractivity contribution >= 4 is 34.8 Å². The molecule has 1 N–H and O–H groups in total. The van der Waals surface area contributed by atoms with Crippen molar-refractivity contribution in [3.8, 4) is 11.1 Å². The van der Waals surface area contributed by atoms with Gasteiger partial charge in [-0.15, -0.1) is 0 Å². The number of amides is 1. The smallest absolute Gasteiger partial charge is 0.241 e. The van der Waals surface area contributed by atoms with Crippen LogP contribution in [-0.4, -0.2) is 30.9 Å². The molecule has 2 aromatic carbocycles. The number of carbonyl (C=O) groups excluding carboxylic acids is 1. The number of hydrogen-bond acceptors (Lipinski definition) is 2. The van der Waals surface area contributed by atoms with E-state index in [0.717, 1.165) is 29.7 Å². The number of halogens is 2. The molecule has 2 rings (SSSR count). The van der Waals surface area contributed by atoms with Crippen LogP contribution in [0.3, 0.4) is 0 Å². The minimum absolute atomic E-state index is 0.0177. The fourth-order valence-electron chi connectivity index (χ4n) is 2.54. The van der Waals surface area contributed by atoms with Crippen molar-refractivity contribution < 1.29 is 4.79 Å². The number of carbonyl (C=O) groups is 1. The van der Waals surface area contributed by atoms with Gasteiger partial charge in [0, 0.05) is 5.69 Å². The van der Waals surface area contributed by atoms with Gasteiger partial charge in [0.05, 0.1) is 16.1 Å². The quantitative estimate of drug-likeness (QED) is 0.751. The highest BCUT2D eigenvalue weighted by atomic mass is 35.5. The van der Waals surface area contributed by atoms with E-state index < -0.39 is 0 Å². The average molecular weight is 365 g/mol. The lowest BCUT2D eigenvalue weighted by Gasteiger charge is -2.22. The van der Waals surface area contributed by atoms with E-state index in [1.807, 2.05) is 55.4 Å². The lowest BCUT2D eigenvalue weighted by Crippen LogP contribution is -2.39. The van der Waals surface area contributed by atoms with Crippen molar-refractivity contribution in [2.75, 3.05) is 19.4 Å². The van der Waals surface area contributed by atoms with Crippen molar-refractivity contribution in [3.63, 3.8) is 0 Å². The molecule has 0 spiro atoms. The average Bonchev–Trinajstić information content (AvgIpc) is 2.55. The molecule has 0 saturated heterocycles. The van der Waals surface area contributed by atoms with Crippen molar-refractivity contribution in [2.45, 2.75) is 25.8 Å². The van der Waals surface area contributed by atoms with Gasteiger partial charge in [-0.25, -0.2) is 0 Å². The summed E-state index contributed by atoms with van der Waals surface area (Å²) in [5.74, 6) is 0.0177. The summed E-state index contributed by atoms with van der Waals surface area (Å²) in [6, 6.07) is 13.1. The lowest BCUT2D eigenvalue weighted by atomic mass is 10.1. The topological polar surface area (TPSA) is 32.3 Å². The van der Waals surface area contributed by atoms with Crippen molar-refractivity contribution in [3.05, 3.63) is 52.5 Å². The van der Waals surface area contributed by atoms with Crippen LogP contribution >= 0.6 is 23.2 Å². The Labute approximate surface area is 153 Å². The first-order valence-corrected chi connectivity index (χ1v) is 8.70. The van der Waals surface area contributed by atoms with Crippen molar-refractivity contribution in [1.82, 2.24) is 4.90 Å². The number of benzene rings is 2. The first-order chi connectivity index (χ1) is 11.4. The number of likely N-dealkylation sites (N-methyl/N-ethyl adjacent to an activating group) is 1. The Morgan fingerprint density at radius 2 is 1.67 bits per heavy atom. The maximum atomic E-state index is 12.4. The van der Waals surface area contributed by atoms with Crippen LogP contribution in [0.4, 0.5) is 5.69 Å². The van der Waals surface area contributed by atoms with Crippen LogP contribution in [0.2, 0.25) is 10.0 Å². The van der Waals surface area contributed by atoms with Gasteiger partial charge < -0.3 is 5.32 Å². The summed E-state index contributed by atoms with van der Waals surface area (Å²) in [6.45, 7) is 2.08. The highest BCUT2D eigenvalue weighted by Crippen LogP contribution is 2.29. The van der Waals surface area contributed by atoms with E-state index in [-0.39, 0.29) is 11.9 Å². The van der Waals surface area contributed by atoms with Crippen LogP contribution in [0.25, 0.3) is 11.1 Å². The van der Waals surface area contributed by atoms with Gasteiger partial charge in [0.25, 0.3) is 0 Å². The van der Waals surface area contributed by atoms with Crippen LogP contribution in [-0.2, 0) is 4.79 Å². The highest BCUT2D eigenvalue weighted by molar-refractivity contribution is 6.42. The predicted molar refractivity (Wildman–Crippen MR) is 103 cm³/mol. The van der Waals surface area contributed by atoms with Crippen molar-refractivity contribution in [1.29, 1.82) is 0 Å². The Morgan fingerprint density at radius 3 is 2.21 bits per heavy atom. The Morgan fingerprint density at radius 1 is 1.04 bits per heavy atom. The van der Waals surface area contributed by atoms with E-state index in [1.54, 1.807) is 6.07 Å². The number of hydrogen-bond donors (Lipinski definition) is 1. The maximum absolute atomic E-state index is 12.4. The molecule has 0 bridgehead atoms. The Bertz CT molecular complexity index is 699. The molecule has 1 amide bonds. The molecule has 128 valence electrons. The second-order valence-corrected chi connectivity index (χ2v) is 6.78. The normalized spacial score (nSPS) is 12.2. The minimum Gasteiger partial charge on any atom is -0.325 e. The summed E-state index contributed by atoms with van der Waals surface area (Å²) >= 11 is 12.0. The third-order valence-electron chi connectivity index (χ3n) is 3.89. The van der Waals surface area contributed by atoms with Crippen LogP contribution in [0.15, 0.2) is 42.5 Å². The largest absolute Gasteiger partial charge is 0.325 e. The molecule has 0 heterocycles. The summed E-state index contributed by atoms with van der Waals surface area (Å²) in [5, 5.41) is 4.04. The van der Waals surface area contributed by atoms with Crippen LogP contribution < -0.4 is 5.32 Å². The van der Waals surface area contributed by atoms with Crippen LogP contribution in [0.5, 0.6) is 0 Å². The van der Waals surface area contributed by atoms with E-state index in [9.17, 15) is 4.79 Å². The molecular formula is C19H22Cl2N2O. The van der Waals surface area contributed by atoms with Gasteiger partial charge in [0.1, 0.15) is 0 Å². The van der Waals surface area contributed by atoms with E-state index in [2.05, 4.69) is 12.2 Å². The standard InChI is InChI=1S/C19H22Cl2N2O/c1-4-5-18(23(2)3)19(24)22-15-9-6-13(7-10-15)14-8-11-16(20)17(21)12-14/h6-12,18H,4-5H2,1-3H3,(H,22,24)/t18-/m0/s1. The van der Waals surface area contributed by atoms with Gasteiger partial charge in [-0.05, 0) is 55.9 Å². The summed E-state index contributed by atoms with van der Waals surface area (Å²) < 4.78 is 0. The molecule has 2 aromatic rings. The van der Waals surface area contributed by atoms with Gasteiger partial charge >= 0.3 is 0 Å². The number of nitrogens with zero attached hydrogens (tertiary/aromatic N) is 1. The maximum Gasteiger partial charge on any atom is 0.241 e. The molecule has 5 heteroatoms. The number of nitrogens with one attached hydrogen (secondary N) is 1. The van der Waals surface area contributed by atoms with E-state index in [0.29, 0.717) is 10.0 Å². The van der Waals surface area contributed by atoms with Crippen molar-refractivity contribution in [2.24, 2.45) is 0 Å². The molecule has 0 aliphatic rings. The highest BCUT2D eigenvalue weighted by Gasteiger charge is 2.19. The molecule has 3 nitrogen and oxygen atoms in total. The SMILES string of the molecule is CCC[C@@H](C(=O)Nc1ccc(-c2ccc(Cl)c(Cl)c2)cc1)N(C)C. The summed E-state index contributed by atoms with van der Waals surface area (Å²) in [6.07, 6.45) is 1.80. The Hall–Kier alpha value is -1.55. The zero-order valence-electron chi connectivity index (χ0n) is 14.1. The molecule has 0 fully saturated rings. The Balaban J connectivity index is 2.11. The second kappa shape index (κ2) is 8.52. The van der Waals surface area contributed by atoms with Gasteiger partial charge in [-0.3, -0.25) is 9.69 Å². The molecule has 1 atom stereocenters. The summed E-state index contributed by atoms with van der Waals surface area (Å²) in [5.41, 5.74) is 2.79. The van der Waals surface area contributed by atoms with E-state index in [4.69, 9.17) is 23.2 Å². The van der Waals surface area contributed by atoms with E-state index in [1.165, 1.54) is 0 Å². The summed E-state index contributed by atoms with van der Waals surface area (Å²) in [4.78, 5) is 14.3. The molecule has 0 aliphatic heterocycles. The second-order valence-electron chi connectivity index (χ2n) is 5.96. The van der Waals surface area contributed by atoms with Crippen LogP contribution in [0, 0.1) is 0 Å². The fraction of sp³-hybridized carbons (Fsp3) is 0.316. The molecule has 0 aromatic heterocycles. The Kier molecular flexibility index (Phi) is 6.67. The molecule has 0 saturated carbocycles. The molecular weight excluding hydrogens is 343 g/mol. The third-order valence-corrected chi connectivity index (χ3v) is 4.63. The first kappa shape index (κ1) is 18.8. The summed E-state index contributed by atoms with van der Waals surface area (Å²) in [7, 11) is 3.85. The number of rotatable bonds is 6. The van der Waals surface area contributed by atoms with Gasteiger partial charge in [-0.2, -0.15) is 0 Å². The van der Waals surface area contributed by atoms with Gasteiger partial charge in [-0.1, -0.05) is 54.7 Å². The molecule has 0 aliphatic carbocycles. The lowest BCUT2D eigenvalue weighted by molar-refractivity contribution is -0.120. The molecule has 0 unspecified atom stereocenters. The fourth-order valence-corrected chi connectivity index (χ4v) is 2.84. The predicted octanol–water partition coefficient (Wildman–Crippen LogP) is 5.33.